The van der Waals surface area contributed by atoms with Crippen molar-refractivity contribution in [2.45, 2.75) is 26.0 Å². The average Bonchev–Trinajstić information content (AvgIpc) is 2.22. The van der Waals surface area contributed by atoms with Gasteiger partial charge in [-0.15, -0.1) is 0 Å². The minimum absolute atomic E-state index is 0.0796. The van der Waals surface area contributed by atoms with Crippen LogP contribution >= 0.6 is 11.6 Å². The van der Waals surface area contributed by atoms with Gasteiger partial charge >= 0.3 is 0 Å². The van der Waals surface area contributed by atoms with Gasteiger partial charge in [0, 0.05) is 16.6 Å². The standard InChI is InChI=1S/C11H14ClNO2/c1-7(13)4-8-9-5-14-6-15-11(9)3-2-10(8)12/h2-3,7H,4-6,13H2,1H3. The summed E-state index contributed by atoms with van der Waals surface area (Å²) in [5.41, 5.74) is 7.86. The molecule has 1 unspecified atom stereocenters. The highest BCUT2D eigenvalue weighted by Gasteiger charge is 2.17. The number of benzene rings is 1. The minimum atomic E-state index is 0.0796. The second-order valence-electron chi connectivity index (χ2n) is 3.79. The van der Waals surface area contributed by atoms with E-state index in [0.29, 0.717) is 13.4 Å². The number of hydrogen-bond acceptors (Lipinski definition) is 3. The van der Waals surface area contributed by atoms with Crippen LogP contribution in [-0.2, 0) is 17.8 Å². The van der Waals surface area contributed by atoms with Gasteiger partial charge in [0.05, 0.1) is 6.61 Å². The summed E-state index contributed by atoms with van der Waals surface area (Å²) in [5.74, 6) is 0.862. The molecular weight excluding hydrogens is 214 g/mol. The van der Waals surface area contributed by atoms with Crippen molar-refractivity contribution in [1.82, 2.24) is 0 Å². The number of fused-ring (bicyclic) bond motifs is 1. The van der Waals surface area contributed by atoms with Gasteiger partial charge in [0.2, 0.25) is 0 Å². The Morgan fingerprint density at radius 3 is 3.07 bits per heavy atom. The Balaban J connectivity index is 2.41. The molecule has 0 saturated carbocycles. The number of hydrogen-bond donors (Lipinski definition) is 1. The molecule has 1 atom stereocenters. The van der Waals surface area contributed by atoms with Gasteiger partial charge in [-0.1, -0.05) is 11.6 Å². The lowest BCUT2D eigenvalue weighted by Crippen LogP contribution is -2.21. The summed E-state index contributed by atoms with van der Waals surface area (Å²) in [5, 5.41) is 0.736. The van der Waals surface area contributed by atoms with Crippen molar-refractivity contribution in [2.24, 2.45) is 5.73 Å². The van der Waals surface area contributed by atoms with Crippen LogP contribution in [0.1, 0.15) is 18.1 Å². The van der Waals surface area contributed by atoms with Gasteiger partial charge in [-0.25, -0.2) is 0 Å². The molecule has 2 rings (SSSR count). The molecule has 0 amide bonds. The Bertz CT molecular complexity index is 366. The maximum Gasteiger partial charge on any atom is 0.189 e. The maximum absolute atomic E-state index is 6.14. The Labute approximate surface area is 94.1 Å². The largest absolute Gasteiger partial charge is 0.467 e. The van der Waals surface area contributed by atoms with E-state index in [2.05, 4.69) is 0 Å². The number of nitrogens with two attached hydrogens (primary N) is 1. The van der Waals surface area contributed by atoms with Crippen molar-refractivity contribution in [2.75, 3.05) is 6.79 Å². The summed E-state index contributed by atoms with van der Waals surface area (Å²) in [6.07, 6.45) is 0.745. The zero-order valence-corrected chi connectivity index (χ0v) is 9.38. The predicted octanol–water partition coefficient (Wildman–Crippen LogP) is 2.10. The molecule has 1 aliphatic rings. The van der Waals surface area contributed by atoms with Crippen LogP contribution in [0.25, 0.3) is 0 Å². The Kier molecular flexibility index (Phi) is 3.14. The van der Waals surface area contributed by atoms with Crippen molar-refractivity contribution >= 4 is 11.6 Å². The van der Waals surface area contributed by atoms with Crippen molar-refractivity contribution in [3.8, 4) is 5.75 Å². The first-order valence-corrected chi connectivity index (χ1v) is 5.32. The van der Waals surface area contributed by atoms with E-state index in [-0.39, 0.29) is 6.04 Å². The first-order chi connectivity index (χ1) is 7.18. The molecule has 0 aromatic heterocycles. The third kappa shape index (κ3) is 2.25. The highest BCUT2D eigenvalue weighted by atomic mass is 35.5. The van der Waals surface area contributed by atoms with Crippen LogP contribution in [0.5, 0.6) is 5.75 Å². The van der Waals surface area contributed by atoms with Gasteiger partial charge < -0.3 is 15.2 Å². The Morgan fingerprint density at radius 2 is 2.33 bits per heavy atom. The molecule has 4 heteroatoms. The summed E-state index contributed by atoms with van der Waals surface area (Å²) in [4.78, 5) is 0. The molecule has 0 bridgehead atoms. The zero-order chi connectivity index (χ0) is 10.8. The summed E-state index contributed by atoms with van der Waals surface area (Å²) >= 11 is 6.14. The van der Waals surface area contributed by atoms with E-state index in [0.717, 1.165) is 28.3 Å². The van der Waals surface area contributed by atoms with Crippen LogP contribution in [0, 0.1) is 0 Å². The molecule has 0 radical (unpaired) electrons. The molecule has 0 saturated heterocycles. The second-order valence-corrected chi connectivity index (χ2v) is 4.20. The highest BCUT2D eigenvalue weighted by Crippen LogP contribution is 2.32. The molecule has 3 nitrogen and oxygen atoms in total. The van der Waals surface area contributed by atoms with Crippen molar-refractivity contribution in [3.05, 3.63) is 28.3 Å². The molecule has 0 aliphatic carbocycles. The van der Waals surface area contributed by atoms with Crippen molar-refractivity contribution < 1.29 is 9.47 Å². The molecule has 15 heavy (non-hydrogen) atoms. The van der Waals surface area contributed by atoms with Gasteiger partial charge in [-0.2, -0.15) is 0 Å². The Hall–Kier alpha value is -0.770. The van der Waals surface area contributed by atoms with E-state index >= 15 is 0 Å². The topological polar surface area (TPSA) is 44.5 Å². The van der Waals surface area contributed by atoms with Gasteiger partial charge in [-0.05, 0) is 31.0 Å². The van der Waals surface area contributed by atoms with E-state index in [1.54, 1.807) is 0 Å². The SMILES string of the molecule is CC(N)Cc1c(Cl)ccc2c1COCO2. The highest BCUT2D eigenvalue weighted by molar-refractivity contribution is 6.31. The lowest BCUT2D eigenvalue weighted by Gasteiger charge is -2.22. The van der Waals surface area contributed by atoms with Gasteiger partial charge in [0.1, 0.15) is 5.75 Å². The van der Waals surface area contributed by atoms with Crippen LogP contribution in [0.4, 0.5) is 0 Å². The first kappa shape index (κ1) is 10.7. The molecule has 0 fully saturated rings. The average molecular weight is 228 g/mol. The van der Waals surface area contributed by atoms with E-state index in [9.17, 15) is 0 Å². The summed E-state index contributed by atoms with van der Waals surface area (Å²) < 4.78 is 10.6. The molecular formula is C11H14ClNO2. The molecule has 2 N–H and O–H groups in total. The smallest absolute Gasteiger partial charge is 0.189 e. The number of ether oxygens (including phenoxy) is 2. The summed E-state index contributed by atoms with van der Waals surface area (Å²) in [6, 6.07) is 3.81. The van der Waals surface area contributed by atoms with Crippen LogP contribution in [-0.4, -0.2) is 12.8 Å². The maximum atomic E-state index is 6.14. The molecule has 82 valence electrons. The number of rotatable bonds is 2. The molecule has 0 spiro atoms. The van der Waals surface area contributed by atoms with E-state index < -0.39 is 0 Å². The van der Waals surface area contributed by atoms with Gasteiger partial charge in [0.15, 0.2) is 6.79 Å². The molecule has 1 heterocycles. The van der Waals surface area contributed by atoms with Crippen LogP contribution in [0.2, 0.25) is 5.02 Å². The van der Waals surface area contributed by atoms with Crippen molar-refractivity contribution in [1.29, 1.82) is 0 Å². The third-order valence-corrected chi connectivity index (χ3v) is 2.76. The number of halogens is 1. The lowest BCUT2D eigenvalue weighted by atomic mass is 10.0. The van der Waals surface area contributed by atoms with Gasteiger partial charge in [0.25, 0.3) is 0 Å². The fourth-order valence-electron chi connectivity index (χ4n) is 1.73. The fourth-order valence-corrected chi connectivity index (χ4v) is 1.98. The van der Waals surface area contributed by atoms with E-state index in [1.165, 1.54) is 0 Å². The monoisotopic (exact) mass is 227 g/mol. The van der Waals surface area contributed by atoms with E-state index in [4.69, 9.17) is 26.8 Å². The van der Waals surface area contributed by atoms with Crippen LogP contribution < -0.4 is 10.5 Å². The third-order valence-electron chi connectivity index (χ3n) is 2.40. The quantitative estimate of drug-likeness (QED) is 0.842. The molecule has 1 aromatic rings. The first-order valence-electron chi connectivity index (χ1n) is 4.95. The lowest BCUT2D eigenvalue weighted by molar-refractivity contribution is -0.0168. The predicted molar refractivity (Wildman–Crippen MR) is 59.1 cm³/mol. The van der Waals surface area contributed by atoms with E-state index in [1.807, 2.05) is 19.1 Å². The van der Waals surface area contributed by atoms with Crippen LogP contribution in [0.15, 0.2) is 12.1 Å². The molecule has 1 aromatic carbocycles. The summed E-state index contributed by atoms with van der Waals surface area (Å²) in [7, 11) is 0. The fraction of sp³-hybridized carbons (Fsp3) is 0.455. The molecule has 1 aliphatic heterocycles. The van der Waals surface area contributed by atoms with Crippen LogP contribution in [0.3, 0.4) is 0 Å². The zero-order valence-electron chi connectivity index (χ0n) is 8.63. The minimum Gasteiger partial charge on any atom is -0.467 e. The van der Waals surface area contributed by atoms with Crippen molar-refractivity contribution in [3.63, 3.8) is 0 Å². The summed E-state index contributed by atoms with van der Waals surface area (Å²) in [6.45, 7) is 2.82. The van der Waals surface area contributed by atoms with Gasteiger partial charge in [-0.3, -0.25) is 0 Å². The Morgan fingerprint density at radius 1 is 1.53 bits per heavy atom. The normalized spacial score (nSPS) is 16.7. The second kappa shape index (κ2) is 4.39.